The highest BCUT2D eigenvalue weighted by molar-refractivity contribution is 7.93. The summed E-state index contributed by atoms with van der Waals surface area (Å²) in [5.74, 6) is 1.08. The van der Waals surface area contributed by atoms with E-state index < -0.39 is 15.8 Å². The number of nitrogens with one attached hydrogen (secondary N) is 1. The number of aliphatic hydroxyl groups is 1. The van der Waals surface area contributed by atoms with Crippen LogP contribution in [0.25, 0.3) is 33.5 Å². The molecule has 2 aromatic carbocycles. The predicted molar refractivity (Wildman–Crippen MR) is 151 cm³/mol. The fraction of sp³-hybridized carbons (Fsp3) is 0.357. The molecule has 0 saturated carbocycles. The zero-order valence-corrected chi connectivity index (χ0v) is 23.1. The number of pyridine rings is 1. The van der Waals surface area contributed by atoms with Gasteiger partial charge in [-0.05, 0) is 29.3 Å². The summed E-state index contributed by atoms with van der Waals surface area (Å²) >= 11 is 6.60. The van der Waals surface area contributed by atoms with Gasteiger partial charge in [0.05, 0.1) is 44.9 Å². The van der Waals surface area contributed by atoms with E-state index in [0.29, 0.717) is 46.0 Å². The lowest BCUT2D eigenvalue weighted by Gasteiger charge is -2.15. The second-order valence-corrected chi connectivity index (χ2v) is 12.9. The molecule has 4 heterocycles. The van der Waals surface area contributed by atoms with Gasteiger partial charge in [-0.1, -0.05) is 61.8 Å². The van der Waals surface area contributed by atoms with Crippen LogP contribution in [0.1, 0.15) is 13.8 Å². The first-order valence-corrected chi connectivity index (χ1v) is 15.2. The van der Waals surface area contributed by atoms with E-state index >= 15 is 0 Å². The Morgan fingerprint density at radius 1 is 1.00 bits per heavy atom. The van der Waals surface area contributed by atoms with Crippen LogP contribution in [0, 0.1) is 0 Å². The molecule has 3 unspecified atom stereocenters. The molecular weight excluding hydrogens is 540 g/mol. The van der Waals surface area contributed by atoms with Gasteiger partial charge in [0.2, 0.25) is 0 Å². The lowest BCUT2D eigenvalue weighted by molar-refractivity contribution is 0.00706. The lowest BCUT2D eigenvalue weighted by atomic mass is 10.0. The van der Waals surface area contributed by atoms with Crippen molar-refractivity contribution < 1.29 is 23.5 Å². The van der Waals surface area contributed by atoms with Crippen LogP contribution in [0.15, 0.2) is 59.0 Å². The summed E-state index contributed by atoms with van der Waals surface area (Å²) in [4.78, 5) is 12.3. The Balaban J connectivity index is 1.20. The third-order valence-electron chi connectivity index (χ3n) is 7.18. The van der Waals surface area contributed by atoms with Crippen molar-refractivity contribution >= 4 is 38.2 Å². The Hall–Kier alpha value is -3.02. The molecule has 0 amide bonds. The smallest absolute Gasteiger partial charge is 0.296 e. The number of halogens is 1. The first-order chi connectivity index (χ1) is 18.9. The number of imidazole rings is 1. The normalized spacial score (nSPS) is 22.8. The van der Waals surface area contributed by atoms with Gasteiger partial charge < -0.3 is 24.3 Å². The van der Waals surface area contributed by atoms with Crippen LogP contribution in [0.3, 0.4) is 0 Å². The summed E-state index contributed by atoms with van der Waals surface area (Å²) in [6, 6.07) is 17.8. The van der Waals surface area contributed by atoms with Crippen LogP contribution in [-0.2, 0) is 19.2 Å². The Morgan fingerprint density at radius 2 is 1.64 bits per heavy atom. The average molecular weight is 569 g/mol. The minimum atomic E-state index is -2.19. The van der Waals surface area contributed by atoms with E-state index in [2.05, 4.69) is 19.3 Å². The Morgan fingerprint density at radius 3 is 2.33 bits per heavy atom. The second kappa shape index (κ2) is 10.5. The minimum absolute atomic E-state index is 0.233. The predicted octanol–water partition coefficient (Wildman–Crippen LogP) is 4.99. The molecule has 204 valence electrons. The molecule has 6 rings (SSSR count). The maximum absolute atomic E-state index is 12.6. The van der Waals surface area contributed by atoms with Crippen LogP contribution < -0.4 is 4.74 Å². The molecule has 11 heteroatoms. The molecule has 2 fully saturated rings. The number of fused-ring (bicyclic) bond motifs is 2. The third-order valence-corrected chi connectivity index (χ3v) is 9.82. The van der Waals surface area contributed by atoms with Crippen LogP contribution in [0.5, 0.6) is 6.01 Å². The molecule has 0 radical (unpaired) electrons. The number of aromatic amines is 1. The molecular formula is C28H29ClN4O5S. The summed E-state index contributed by atoms with van der Waals surface area (Å²) in [7, 11) is -2.19. The Labute approximate surface area is 231 Å². The Bertz CT molecular complexity index is 1610. The highest BCUT2D eigenvalue weighted by Crippen LogP contribution is 2.33. The van der Waals surface area contributed by atoms with E-state index in [4.69, 9.17) is 25.8 Å². The number of H-pyrrole nitrogens is 1. The van der Waals surface area contributed by atoms with Crippen molar-refractivity contribution in [3.63, 3.8) is 0 Å². The van der Waals surface area contributed by atoms with Gasteiger partial charge in [0.15, 0.2) is 11.8 Å². The van der Waals surface area contributed by atoms with Crippen molar-refractivity contribution in [2.75, 3.05) is 24.7 Å². The number of hydrogen-bond donors (Lipinski definition) is 2. The Kier molecular flexibility index (Phi) is 7.07. The number of aliphatic hydroxyl groups excluding tert-OH is 1. The van der Waals surface area contributed by atoms with Gasteiger partial charge in [0.1, 0.15) is 18.3 Å². The van der Waals surface area contributed by atoms with Crippen molar-refractivity contribution in [3.8, 4) is 28.4 Å². The van der Waals surface area contributed by atoms with Crippen molar-refractivity contribution in [1.29, 1.82) is 0 Å². The van der Waals surface area contributed by atoms with Crippen LogP contribution in [0.2, 0.25) is 5.02 Å². The zero-order valence-electron chi connectivity index (χ0n) is 21.5. The van der Waals surface area contributed by atoms with Crippen LogP contribution in [-0.4, -0.2) is 73.4 Å². The monoisotopic (exact) mass is 568 g/mol. The molecule has 9 nitrogen and oxygen atoms in total. The zero-order chi connectivity index (χ0) is 27.1. The molecule has 2 aromatic heterocycles. The van der Waals surface area contributed by atoms with Gasteiger partial charge >= 0.3 is 0 Å². The minimum Gasteiger partial charge on any atom is -0.456 e. The molecule has 2 aliphatic heterocycles. The van der Waals surface area contributed by atoms with Gasteiger partial charge in [0, 0.05) is 17.1 Å². The van der Waals surface area contributed by atoms with E-state index in [1.807, 2.05) is 62.4 Å². The first-order valence-electron chi connectivity index (χ1n) is 12.9. The number of nitrogens with zero attached hydrogens (tertiary/aromatic N) is 3. The molecule has 0 bridgehead atoms. The van der Waals surface area contributed by atoms with E-state index in [1.54, 1.807) is 6.07 Å². The van der Waals surface area contributed by atoms with Gasteiger partial charge in [-0.3, -0.25) is 0 Å². The molecule has 2 N–H and O–H groups in total. The lowest BCUT2D eigenvalue weighted by Crippen LogP contribution is -2.34. The number of ether oxygens (including phenoxy) is 3. The van der Waals surface area contributed by atoms with Gasteiger partial charge in [-0.2, -0.15) is 9.35 Å². The van der Waals surface area contributed by atoms with E-state index in [0.717, 1.165) is 22.4 Å². The number of benzene rings is 2. The molecule has 2 aliphatic rings. The first kappa shape index (κ1) is 26.2. The van der Waals surface area contributed by atoms with E-state index in [-0.39, 0.29) is 24.9 Å². The third kappa shape index (κ3) is 5.15. The standard InChI is InChI=1S/C28H29ClN4O5S/c1-3-39(35,4-2)33-19-11-9-17(10-12-19)16-5-7-18(8-6-16)24-20(29)13-21-27(31-24)32-28(30-21)38-23-15-37-25-22(34)14-36-26(23)25/h5-13,22-23,25-26,34H,3-4,14-15H2,1-2H3,(H,30,31,32)/t22-,23?,25?,26?/m1/s1. The quantitative estimate of drug-likeness (QED) is 0.322. The van der Waals surface area contributed by atoms with E-state index in [1.165, 1.54) is 0 Å². The summed E-state index contributed by atoms with van der Waals surface area (Å²) in [6.45, 7) is 4.35. The number of aromatic nitrogens is 3. The summed E-state index contributed by atoms with van der Waals surface area (Å²) in [6.07, 6.45) is -1.73. The number of rotatable bonds is 7. The molecule has 4 aromatic rings. The summed E-state index contributed by atoms with van der Waals surface area (Å²) in [5, 5.41) is 10.4. The SMILES string of the molecule is CCS(=O)(CC)=Nc1ccc(-c2ccc(-c3nc4nc(OC5COC6C5OC[C@H]6O)[nH]c4cc3Cl)cc2)cc1. The summed E-state index contributed by atoms with van der Waals surface area (Å²) < 4.78 is 34.3. The maximum Gasteiger partial charge on any atom is 0.296 e. The molecule has 0 aliphatic carbocycles. The molecule has 2 saturated heterocycles. The fourth-order valence-electron chi connectivity index (χ4n) is 4.90. The second-order valence-electron chi connectivity index (χ2n) is 9.62. The fourth-order valence-corrected chi connectivity index (χ4v) is 6.34. The maximum atomic E-state index is 12.6. The highest BCUT2D eigenvalue weighted by Gasteiger charge is 2.48. The largest absolute Gasteiger partial charge is 0.456 e. The van der Waals surface area contributed by atoms with Gasteiger partial charge in [-0.25, -0.2) is 9.19 Å². The molecule has 4 atom stereocenters. The molecule has 0 spiro atoms. The van der Waals surface area contributed by atoms with Crippen molar-refractivity contribution in [3.05, 3.63) is 59.6 Å². The van der Waals surface area contributed by atoms with Crippen molar-refractivity contribution in [2.45, 2.75) is 38.3 Å². The van der Waals surface area contributed by atoms with Crippen LogP contribution >= 0.6 is 11.6 Å². The molecule has 39 heavy (non-hydrogen) atoms. The number of hydrogen-bond acceptors (Lipinski definition) is 8. The van der Waals surface area contributed by atoms with Crippen molar-refractivity contribution in [2.24, 2.45) is 4.36 Å². The van der Waals surface area contributed by atoms with Gasteiger partial charge in [-0.15, -0.1) is 0 Å². The highest BCUT2D eigenvalue weighted by atomic mass is 35.5. The average Bonchev–Trinajstić information content (AvgIpc) is 3.65. The van der Waals surface area contributed by atoms with E-state index in [9.17, 15) is 9.32 Å². The van der Waals surface area contributed by atoms with Gasteiger partial charge in [0.25, 0.3) is 6.01 Å². The topological polar surface area (TPSA) is 119 Å². The summed E-state index contributed by atoms with van der Waals surface area (Å²) in [5.41, 5.74) is 5.38. The van der Waals surface area contributed by atoms with Crippen molar-refractivity contribution in [1.82, 2.24) is 15.0 Å². The van der Waals surface area contributed by atoms with Crippen LogP contribution in [0.4, 0.5) is 5.69 Å².